The summed E-state index contributed by atoms with van der Waals surface area (Å²) in [5, 5.41) is 0. The highest BCUT2D eigenvalue weighted by Crippen LogP contribution is 2.28. The molecule has 0 aromatic heterocycles. The van der Waals surface area contributed by atoms with Crippen LogP contribution in [0, 0.1) is 6.92 Å². The van der Waals surface area contributed by atoms with E-state index in [2.05, 4.69) is 0 Å². The number of rotatable bonds is 5. The zero-order valence-electron chi connectivity index (χ0n) is 16.8. The summed E-state index contributed by atoms with van der Waals surface area (Å²) in [5.74, 6) is 0. The van der Waals surface area contributed by atoms with E-state index in [1.165, 1.54) is 0 Å². The van der Waals surface area contributed by atoms with Gasteiger partial charge >= 0.3 is 0 Å². The van der Waals surface area contributed by atoms with Crippen LogP contribution in [0.3, 0.4) is 0 Å². The maximum Gasteiger partial charge on any atom is 0.206 e. The van der Waals surface area contributed by atoms with Gasteiger partial charge in [-0.1, -0.05) is 60.7 Å². The molecule has 156 valence electrons. The third kappa shape index (κ3) is 4.04. The Labute approximate surface area is 182 Å². The molecule has 4 aromatic rings. The maximum absolute atomic E-state index is 12.9. The second-order valence-electron chi connectivity index (χ2n) is 7.13. The summed E-state index contributed by atoms with van der Waals surface area (Å²) in [5.41, 5.74) is 2.29. The van der Waals surface area contributed by atoms with E-state index in [4.69, 9.17) is 0 Å². The second kappa shape index (κ2) is 8.13. The second-order valence-corrected chi connectivity index (χ2v) is 11.0. The van der Waals surface area contributed by atoms with Crippen molar-refractivity contribution in [3.05, 3.63) is 109 Å². The van der Waals surface area contributed by atoms with Crippen molar-refractivity contribution in [2.24, 2.45) is 0 Å². The monoisotopic (exact) mass is 448 g/mol. The zero-order valence-corrected chi connectivity index (χ0v) is 18.4. The lowest BCUT2D eigenvalue weighted by molar-refractivity contribution is 0.594. The van der Waals surface area contributed by atoms with Crippen LogP contribution in [0.2, 0.25) is 0 Å². The minimum Gasteiger partial charge on any atom is -0.219 e. The van der Waals surface area contributed by atoms with E-state index in [1.54, 1.807) is 110 Å². The Morgan fingerprint density at radius 1 is 0.452 bits per heavy atom. The smallest absolute Gasteiger partial charge is 0.206 e. The molecule has 0 aliphatic rings. The van der Waals surface area contributed by atoms with Gasteiger partial charge in [-0.3, -0.25) is 0 Å². The average Bonchev–Trinajstić information content (AvgIpc) is 2.80. The van der Waals surface area contributed by atoms with Gasteiger partial charge in [0.2, 0.25) is 19.7 Å². The van der Waals surface area contributed by atoms with Gasteiger partial charge in [-0.15, -0.1) is 0 Å². The summed E-state index contributed by atoms with van der Waals surface area (Å²) in [7, 11) is -7.18. The van der Waals surface area contributed by atoms with Crippen molar-refractivity contribution >= 4 is 19.7 Å². The Bertz CT molecular complexity index is 1420. The van der Waals surface area contributed by atoms with Crippen molar-refractivity contribution < 1.29 is 16.8 Å². The molecule has 0 unspecified atom stereocenters. The number of aryl methyl sites for hydroxylation is 1. The lowest BCUT2D eigenvalue weighted by Gasteiger charge is -2.09. The molecule has 4 rings (SSSR count). The predicted molar refractivity (Wildman–Crippen MR) is 120 cm³/mol. The summed E-state index contributed by atoms with van der Waals surface area (Å²) < 4.78 is 51.3. The minimum absolute atomic E-state index is 0.209. The molecule has 0 amide bonds. The summed E-state index contributed by atoms with van der Waals surface area (Å²) in [6.07, 6.45) is 0. The predicted octanol–water partition coefficient (Wildman–Crippen LogP) is 5.33. The van der Waals surface area contributed by atoms with Crippen molar-refractivity contribution in [2.75, 3.05) is 0 Å². The largest absolute Gasteiger partial charge is 0.219 e. The van der Waals surface area contributed by atoms with Crippen LogP contribution in [0.15, 0.2) is 123 Å². The Balaban J connectivity index is 1.63. The Hall–Kier alpha value is -3.22. The molecular formula is C25H20O4S2. The SMILES string of the molecule is Cc1ccccc1S(=O)(=O)c1ccc(-c2ccc(S(=O)(=O)c3ccccc3)cc2)cc1. The van der Waals surface area contributed by atoms with Gasteiger partial charge in [0.15, 0.2) is 0 Å². The van der Waals surface area contributed by atoms with Gasteiger partial charge in [0.25, 0.3) is 0 Å². The van der Waals surface area contributed by atoms with Crippen LogP contribution in [0.25, 0.3) is 11.1 Å². The fourth-order valence-electron chi connectivity index (χ4n) is 3.37. The number of hydrogen-bond donors (Lipinski definition) is 0. The van der Waals surface area contributed by atoms with Gasteiger partial charge in [0.05, 0.1) is 19.6 Å². The van der Waals surface area contributed by atoms with Gasteiger partial charge in [-0.25, -0.2) is 16.8 Å². The van der Waals surface area contributed by atoms with E-state index in [0.29, 0.717) is 10.5 Å². The van der Waals surface area contributed by atoms with Crippen LogP contribution in [0.4, 0.5) is 0 Å². The first kappa shape index (κ1) is 21.0. The highest BCUT2D eigenvalue weighted by Gasteiger charge is 2.20. The third-order valence-corrected chi connectivity index (χ3v) is 8.81. The van der Waals surface area contributed by atoms with Crippen molar-refractivity contribution in [2.45, 2.75) is 26.5 Å². The molecule has 0 heterocycles. The maximum atomic E-state index is 12.9. The lowest BCUT2D eigenvalue weighted by Crippen LogP contribution is -2.04. The van der Waals surface area contributed by atoms with E-state index in [9.17, 15) is 16.8 Å². The molecule has 0 saturated heterocycles. The summed E-state index contributed by atoms with van der Waals surface area (Å²) >= 11 is 0. The van der Waals surface area contributed by atoms with Gasteiger partial charge in [-0.2, -0.15) is 0 Å². The average molecular weight is 449 g/mol. The molecule has 0 radical (unpaired) electrons. The van der Waals surface area contributed by atoms with Crippen LogP contribution < -0.4 is 0 Å². The molecule has 0 atom stereocenters. The highest BCUT2D eigenvalue weighted by atomic mass is 32.2. The van der Waals surface area contributed by atoms with Crippen molar-refractivity contribution in [3.8, 4) is 11.1 Å². The first-order valence-corrected chi connectivity index (χ1v) is 12.6. The lowest BCUT2D eigenvalue weighted by atomic mass is 10.1. The number of benzene rings is 4. The number of hydrogen-bond acceptors (Lipinski definition) is 4. The molecule has 0 saturated carbocycles. The van der Waals surface area contributed by atoms with Gasteiger partial charge in [0.1, 0.15) is 0 Å². The quantitative estimate of drug-likeness (QED) is 0.414. The van der Waals surface area contributed by atoms with E-state index in [0.717, 1.165) is 11.1 Å². The molecule has 0 N–H and O–H groups in total. The Morgan fingerprint density at radius 2 is 0.871 bits per heavy atom. The molecule has 6 heteroatoms. The first-order chi connectivity index (χ1) is 14.8. The van der Waals surface area contributed by atoms with Crippen molar-refractivity contribution in [1.29, 1.82) is 0 Å². The minimum atomic E-state index is -3.60. The molecule has 31 heavy (non-hydrogen) atoms. The van der Waals surface area contributed by atoms with E-state index in [-0.39, 0.29) is 14.7 Å². The Morgan fingerprint density at radius 3 is 1.39 bits per heavy atom. The van der Waals surface area contributed by atoms with Crippen molar-refractivity contribution in [1.82, 2.24) is 0 Å². The van der Waals surface area contributed by atoms with Crippen LogP contribution in [0.1, 0.15) is 5.56 Å². The molecule has 0 bridgehead atoms. The van der Waals surface area contributed by atoms with Gasteiger partial charge in [-0.05, 0) is 66.1 Å². The van der Waals surface area contributed by atoms with Crippen molar-refractivity contribution in [3.63, 3.8) is 0 Å². The summed E-state index contributed by atoms with van der Waals surface area (Å²) in [4.78, 5) is 0.960. The normalized spacial score (nSPS) is 11.9. The first-order valence-electron chi connectivity index (χ1n) is 9.61. The fraction of sp³-hybridized carbons (Fsp3) is 0.0400. The fourth-order valence-corrected chi connectivity index (χ4v) is 6.15. The van der Waals surface area contributed by atoms with Crippen LogP contribution >= 0.6 is 0 Å². The van der Waals surface area contributed by atoms with E-state index < -0.39 is 19.7 Å². The molecule has 4 nitrogen and oxygen atoms in total. The summed E-state index contributed by atoms with van der Waals surface area (Å²) in [6.45, 7) is 1.77. The van der Waals surface area contributed by atoms with Crippen LogP contribution in [0.5, 0.6) is 0 Å². The topological polar surface area (TPSA) is 68.3 Å². The molecular weight excluding hydrogens is 428 g/mol. The van der Waals surface area contributed by atoms with E-state index in [1.807, 2.05) is 0 Å². The molecule has 0 spiro atoms. The van der Waals surface area contributed by atoms with Gasteiger partial charge < -0.3 is 0 Å². The molecule has 0 aliphatic heterocycles. The zero-order chi connectivity index (χ0) is 22.1. The van der Waals surface area contributed by atoms with Gasteiger partial charge in [0, 0.05) is 0 Å². The van der Waals surface area contributed by atoms with Crippen LogP contribution in [-0.2, 0) is 19.7 Å². The summed E-state index contributed by atoms with van der Waals surface area (Å²) in [6, 6.07) is 28.3. The standard InChI is InChI=1S/C25H20O4S2/c1-19-7-5-6-10-25(19)31(28,29)24-17-13-21(14-18-24)20-11-15-23(16-12-20)30(26,27)22-8-3-2-4-9-22/h2-18H,1H3. The van der Waals surface area contributed by atoms with Crippen LogP contribution in [-0.4, -0.2) is 16.8 Å². The molecule has 4 aromatic carbocycles. The molecule has 0 fully saturated rings. The third-order valence-electron chi connectivity index (χ3n) is 5.10. The highest BCUT2D eigenvalue weighted by molar-refractivity contribution is 7.91. The molecule has 0 aliphatic carbocycles. The van der Waals surface area contributed by atoms with E-state index >= 15 is 0 Å². The number of sulfone groups is 2. The Kier molecular flexibility index (Phi) is 5.52.